The Hall–Kier alpha value is -2.61. The number of carbonyl (C=O) groups is 3. The van der Waals surface area contributed by atoms with Crippen LogP contribution in [0.4, 0.5) is 10.5 Å². The highest BCUT2D eigenvalue weighted by Gasteiger charge is 2.36. The minimum Gasteiger partial charge on any atom is -0.481 e. The molecule has 0 aromatic heterocycles. The lowest BCUT2D eigenvalue weighted by Gasteiger charge is -2.23. The number of anilines is 1. The standard InChI is InChI=1S/C18H25N3O5/c1-11(2)19-18(25)20-13-6-4-12(5-7-13)17(24)21-10-15(26-3)8-14(21)9-16(22)23/h4-7,11,14-15H,8-10H2,1-3H3,(H,22,23)(H2,19,20,25). The molecule has 2 atom stereocenters. The molecule has 1 aromatic rings. The van der Waals surface area contributed by atoms with Crippen molar-refractivity contribution in [1.82, 2.24) is 10.2 Å². The lowest BCUT2D eigenvalue weighted by molar-refractivity contribution is -0.138. The van der Waals surface area contributed by atoms with E-state index in [1.807, 2.05) is 13.8 Å². The fourth-order valence-electron chi connectivity index (χ4n) is 2.98. The summed E-state index contributed by atoms with van der Waals surface area (Å²) in [4.78, 5) is 37.1. The van der Waals surface area contributed by atoms with Crippen LogP contribution in [0.5, 0.6) is 0 Å². The molecule has 1 aliphatic rings. The van der Waals surface area contributed by atoms with Crippen LogP contribution in [-0.4, -0.2) is 59.8 Å². The van der Waals surface area contributed by atoms with Gasteiger partial charge in [-0.3, -0.25) is 9.59 Å². The molecule has 0 aliphatic carbocycles. The van der Waals surface area contributed by atoms with Crippen molar-refractivity contribution in [1.29, 1.82) is 0 Å². The second kappa shape index (κ2) is 8.66. The number of carboxylic acids is 1. The number of rotatable bonds is 6. The number of hydrogen-bond donors (Lipinski definition) is 3. The first-order chi connectivity index (χ1) is 12.3. The summed E-state index contributed by atoms with van der Waals surface area (Å²) < 4.78 is 5.29. The van der Waals surface area contributed by atoms with Crippen molar-refractivity contribution in [3.05, 3.63) is 29.8 Å². The highest BCUT2D eigenvalue weighted by atomic mass is 16.5. The smallest absolute Gasteiger partial charge is 0.319 e. The molecule has 26 heavy (non-hydrogen) atoms. The van der Waals surface area contributed by atoms with Crippen LogP contribution in [0.2, 0.25) is 0 Å². The maximum Gasteiger partial charge on any atom is 0.319 e. The highest BCUT2D eigenvalue weighted by Crippen LogP contribution is 2.25. The van der Waals surface area contributed by atoms with E-state index in [4.69, 9.17) is 9.84 Å². The molecule has 8 heteroatoms. The Balaban J connectivity index is 2.06. The van der Waals surface area contributed by atoms with E-state index in [1.54, 1.807) is 36.3 Å². The molecule has 3 N–H and O–H groups in total. The van der Waals surface area contributed by atoms with Gasteiger partial charge >= 0.3 is 12.0 Å². The predicted molar refractivity (Wildman–Crippen MR) is 96.2 cm³/mol. The van der Waals surface area contributed by atoms with Gasteiger partial charge in [0.15, 0.2) is 0 Å². The molecular formula is C18H25N3O5. The summed E-state index contributed by atoms with van der Waals surface area (Å²) in [5.41, 5.74) is 1.00. The van der Waals surface area contributed by atoms with Crippen LogP contribution >= 0.6 is 0 Å². The van der Waals surface area contributed by atoms with E-state index < -0.39 is 5.97 Å². The molecule has 2 unspecified atom stereocenters. The van der Waals surface area contributed by atoms with Gasteiger partial charge in [0.1, 0.15) is 0 Å². The SMILES string of the molecule is COC1CC(CC(=O)O)N(C(=O)c2ccc(NC(=O)NC(C)C)cc2)C1. The second-order valence-corrected chi connectivity index (χ2v) is 6.63. The number of nitrogens with zero attached hydrogens (tertiary/aromatic N) is 1. The first kappa shape index (κ1) is 19.7. The molecule has 1 aliphatic heterocycles. The van der Waals surface area contributed by atoms with Gasteiger partial charge in [-0.05, 0) is 44.5 Å². The number of urea groups is 1. The number of ether oxygens (including phenoxy) is 1. The zero-order chi connectivity index (χ0) is 19.3. The second-order valence-electron chi connectivity index (χ2n) is 6.63. The predicted octanol–water partition coefficient (Wildman–Crippen LogP) is 1.92. The van der Waals surface area contributed by atoms with E-state index in [0.29, 0.717) is 24.2 Å². The molecule has 0 bridgehead atoms. The largest absolute Gasteiger partial charge is 0.481 e. The maximum absolute atomic E-state index is 12.8. The Bertz CT molecular complexity index is 659. The van der Waals surface area contributed by atoms with Gasteiger partial charge in [0.25, 0.3) is 5.91 Å². The molecule has 1 heterocycles. The summed E-state index contributed by atoms with van der Waals surface area (Å²) in [5, 5.41) is 14.5. The van der Waals surface area contributed by atoms with Crippen molar-refractivity contribution >= 4 is 23.6 Å². The fourth-order valence-corrected chi connectivity index (χ4v) is 2.98. The zero-order valence-electron chi connectivity index (χ0n) is 15.2. The van der Waals surface area contributed by atoms with Crippen LogP contribution in [0.3, 0.4) is 0 Å². The van der Waals surface area contributed by atoms with Crippen molar-refractivity contribution < 1.29 is 24.2 Å². The van der Waals surface area contributed by atoms with E-state index in [-0.39, 0.29) is 36.5 Å². The number of carbonyl (C=O) groups excluding carboxylic acids is 2. The van der Waals surface area contributed by atoms with Gasteiger partial charge in [0.05, 0.1) is 12.5 Å². The van der Waals surface area contributed by atoms with Crippen molar-refractivity contribution in [2.45, 2.75) is 44.9 Å². The molecular weight excluding hydrogens is 338 g/mol. The van der Waals surface area contributed by atoms with Crippen molar-refractivity contribution in [3.8, 4) is 0 Å². The third kappa shape index (κ3) is 5.19. The lowest BCUT2D eigenvalue weighted by Crippen LogP contribution is -2.37. The highest BCUT2D eigenvalue weighted by molar-refractivity contribution is 5.96. The van der Waals surface area contributed by atoms with Gasteiger partial charge in [-0.25, -0.2) is 4.79 Å². The van der Waals surface area contributed by atoms with Crippen molar-refractivity contribution in [2.75, 3.05) is 19.0 Å². The first-order valence-electron chi connectivity index (χ1n) is 8.53. The maximum atomic E-state index is 12.8. The van der Waals surface area contributed by atoms with Gasteiger partial charge in [-0.1, -0.05) is 0 Å². The minimum absolute atomic E-state index is 0.0194. The van der Waals surface area contributed by atoms with E-state index in [2.05, 4.69) is 10.6 Å². The number of benzene rings is 1. The van der Waals surface area contributed by atoms with Gasteiger partial charge < -0.3 is 25.4 Å². The van der Waals surface area contributed by atoms with Crippen LogP contribution in [-0.2, 0) is 9.53 Å². The topological polar surface area (TPSA) is 108 Å². The molecule has 142 valence electrons. The average molecular weight is 363 g/mol. The number of likely N-dealkylation sites (tertiary alicyclic amines) is 1. The quantitative estimate of drug-likeness (QED) is 0.716. The lowest BCUT2D eigenvalue weighted by atomic mass is 10.1. The molecule has 1 saturated heterocycles. The monoisotopic (exact) mass is 363 g/mol. The number of amides is 3. The summed E-state index contributed by atoms with van der Waals surface area (Å²) in [6.07, 6.45) is 0.230. The van der Waals surface area contributed by atoms with Crippen molar-refractivity contribution in [2.24, 2.45) is 0 Å². The normalized spacial score (nSPS) is 19.5. The first-order valence-corrected chi connectivity index (χ1v) is 8.53. The average Bonchev–Trinajstić information content (AvgIpc) is 2.96. The van der Waals surface area contributed by atoms with Crippen LogP contribution in [0, 0.1) is 0 Å². The third-order valence-electron chi connectivity index (χ3n) is 4.19. The van der Waals surface area contributed by atoms with Gasteiger partial charge in [0.2, 0.25) is 0 Å². The number of carboxylic acid groups (broad SMARTS) is 1. The molecule has 3 amide bonds. The molecule has 8 nitrogen and oxygen atoms in total. The number of nitrogens with one attached hydrogen (secondary N) is 2. The summed E-state index contributed by atoms with van der Waals surface area (Å²) in [5.74, 6) is -1.19. The molecule has 0 saturated carbocycles. The van der Waals surface area contributed by atoms with Gasteiger partial charge in [-0.15, -0.1) is 0 Å². The van der Waals surface area contributed by atoms with E-state index in [1.165, 1.54) is 0 Å². The Kier molecular flexibility index (Phi) is 6.57. The number of hydrogen-bond acceptors (Lipinski definition) is 4. The Morgan fingerprint density at radius 3 is 2.46 bits per heavy atom. The van der Waals surface area contributed by atoms with Gasteiger partial charge in [0, 0.05) is 37.0 Å². The van der Waals surface area contributed by atoms with Crippen LogP contribution in [0.25, 0.3) is 0 Å². The molecule has 0 radical (unpaired) electrons. The zero-order valence-corrected chi connectivity index (χ0v) is 15.2. The van der Waals surface area contributed by atoms with E-state index >= 15 is 0 Å². The minimum atomic E-state index is -0.944. The summed E-state index contributed by atoms with van der Waals surface area (Å²) >= 11 is 0. The Morgan fingerprint density at radius 1 is 1.27 bits per heavy atom. The van der Waals surface area contributed by atoms with E-state index in [9.17, 15) is 14.4 Å². The van der Waals surface area contributed by atoms with E-state index in [0.717, 1.165) is 0 Å². The number of methoxy groups -OCH3 is 1. The Labute approximate surface area is 152 Å². The molecule has 1 aromatic carbocycles. The molecule has 1 fully saturated rings. The van der Waals surface area contributed by atoms with Crippen LogP contribution in [0.15, 0.2) is 24.3 Å². The summed E-state index contributed by atoms with van der Waals surface area (Å²) in [7, 11) is 1.55. The third-order valence-corrected chi connectivity index (χ3v) is 4.19. The van der Waals surface area contributed by atoms with Crippen LogP contribution in [0.1, 0.15) is 37.0 Å². The molecule has 2 rings (SSSR count). The summed E-state index contributed by atoms with van der Waals surface area (Å²) in [6, 6.07) is 5.83. The molecule has 0 spiro atoms. The van der Waals surface area contributed by atoms with Crippen molar-refractivity contribution in [3.63, 3.8) is 0 Å². The number of aliphatic carboxylic acids is 1. The van der Waals surface area contributed by atoms with Crippen LogP contribution < -0.4 is 10.6 Å². The fraction of sp³-hybridized carbons (Fsp3) is 0.500. The summed E-state index contributed by atoms with van der Waals surface area (Å²) in [6.45, 7) is 4.08. The Morgan fingerprint density at radius 2 is 1.92 bits per heavy atom. The van der Waals surface area contributed by atoms with Gasteiger partial charge in [-0.2, -0.15) is 0 Å².